The van der Waals surface area contributed by atoms with Crippen LogP contribution in [0.15, 0.2) is 0 Å². The first-order valence-electron chi connectivity index (χ1n) is 10.7. The lowest BCUT2D eigenvalue weighted by Gasteiger charge is -2.43. The van der Waals surface area contributed by atoms with Crippen molar-refractivity contribution < 1.29 is 53.9 Å². The highest BCUT2D eigenvalue weighted by Crippen LogP contribution is 2.24. The first-order chi connectivity index (χ1) is 15.8. The summed E-state index contributed by atoms with van der Waals surface area (Å²) in [6, 6.07) is -2.33. The predicted molar refractivity (Wildman–Crippen MR) is 113 cm³/mol. The van der Waals surface area contributed by atoms with E-state index in [-0.39, 0.29) is 19.3 Å². The monoisotopic (exact) mass is 491 g/mol. The van der Waals surface area contributed by atoms with Crippen LogP contribution in [0.4, 0.5) is 0 Å². The molecule has 2 unspecified atom stereocenters. The van der Waals surface area contributed by atoms with E-state index in [0.29, 0.717) is 0 Å². The quantitative estimate of drug-likeness (QED) is 0.135. The number of carbonyl (C=O) groups is 5. The molecule has 0 radical (unpaired) electrons. The average molecular weight is 491 g/mol. The van der Waals surface area contributed by atoms with Gasteiger partial charge in [-0.05, 0) is 20.3 Å². The number of ketones is 1. The van der Waals surface area contributed by atoms with E-state index in [9.17, 15) is 39.3 Å². The predicted octanol–water partition coefficient (Wildman–Crippen LogP) is -3.23. The Morgan fingerprint density at radius 2 is 1.76 bits per heavy atom. The van der Waals surface area contributed by atoms with Gasteiger partial charge in [-0.25, -0.2) is 0 Å². The van der Waals surface area contributed by atoms with Crippen LogP contribution in [0.3, 0.4) is 0 Å². The summed E-state index contributed by atoms with van der Waals surface area (Å²) in [4.78, 5) is 58.7. The van der Waals surface area contributed by atoms with Crippen LogP contribution in [-0.2, 0) is 33.4 Å². The molecule has 0 aromatic carbocycles. The Kier molecular flexibility index (Phi) is 11.5. The Morgan fingerprint density at radius 1 is 1.15 bits per heavy atom. The first kappa shape index (κ1) is 29.4. The highest BCUT2D eigenvalue weighted by molar-refractivity contribution is 5.92. The van der Waals surface area contributed by atoms with Gasteiger partial charge in [0.1, 0.15) is 30.5 Å². The highest BCUT2D eigenvalue weighted by atomic mass is 16.6. The van der Waals surface area contributed by atoms with Crippen molar-refractivity contribution in [2.24, 2.45) is 11.7 Å². The van der Waals surface area contributed by atoms with E-state index in [1.54, 1.807) is 0 Å². The van der Waals surface area contributed by atoms with Crippen LogP contribution >= 0.6 is 0 Å². The molecule has 194 valence electrons. The van der Waals surface area contributed by atoms with Crippen molar-refractivity contribution in [3.8, 4) is 0 Å². The lowest BCUT2D eigenvalue weighted by Crippen LogP contribution is -2.65. The number of aliphatic hydroxyl groups is 3. The van der Waals surface area contributed by atoms with Crippen LogP contribution < -0.4 is 16.4 Å². The van der Waals surface area contributed by atoms with Gasteiger partial charge in [-0.2, -0.15) is 0 Å². The van der Waals surface area contributed by atoms with Gasteiger partial charge in [0.2, 0.25) is 17.7 Å². The second kappa shape index (κ2) is 13.3. The largest absolute Gasteiger partial charge is 0.481 e. The molecule has 1 fully saturated rings. The van der Waals surface area contributed by atoms with Gasteiger partial charge >= 0.3 is 5.97 Å². The average Bonchev–Trinajstić information content (AvgIpc) is 2.74. The third-order valence-corrected chi connectivity index (χ3v) is 5.37. The van der Waals surface area contributed by atoms with E-state index in [2.05, 4.69) is 10.6 Å². The maximum Gasteiger partial charge on any atom is 0.303 e. The van der Waals surface area contributed by atoms with Crippen LogP contribution in [0.25, 0.3) is 0 Å². The molecule has 1 aliphatic heterocycles. The number of aliphatic carboxylic acids is 1. The third kappa shape index (κ3) is 8.61. The van der Waals surface area contributed by atoms with Gasteiger partial charge in [0, 0.05) is 25.7 Å². The molecule has 8 atom stereocenters. The number of primary amides is 1. The minimum absolute atomic E-state index is 0.128. The zero-order valence-corrected chi connectivity index (χ0v) is 19.2. The summed E-state index contributed by atoms with van der Waals surface area (Å²) in [5, 5.41) is 43.4. The summed E-state index contributed by atoms with van der Waals surface area (Å²) in [5.41, 5.74) is 5.23. The number of hydrogen-bond donors (Lipinski definition) is 7. The van der Waals surface area contributed by atoms with Gasteiger partial charge in [-0.15, -0.1) is 0 Å². The van der Waals surface area contributed by atoms with E-state index < -0.39 is 84.8 Å². The molecule has 1 saturated heterocycles. The van der Waals surface area contributed by atoms with Crippen LogP contribution in [-0.4, -0.2) is 99.3 Å². The molecule has 34 heavy (non-hydrogen) atoms. The molecule has 14 heteroatoms. The van der Waals surface area contributed by atoms with Crippen LogP contribution in [0.2, 0.25) is 0 Å². The summed E-state index contributed by atoms with van der Waals surface area (Å²) in [5.74, 6) is -4.90. The van der Waals surface area contributed by atoms with E-state index in [4.69, 9.17) is 20.3 Å². The normalized spacial score (nSPS) is 27.2. The lowest BCUT2D eigenvalue weighted by atomic mass is 9.94. The Morgan fingerprint density at radius 3 is 2.26 bits per heavy atom. The number of rotatable bonds is 13. The van der Waals surface area contributed by atoms with E-state index in [0.717, 1.165) is 6.92 Å². The van der Waals surface area contributed by atoms with Gasteiger partial charge in [-0.1, -0.05) is 0 Å². The molecule has 14 nitrogen and oxygen atoms in total. The van der Waals surface area contributed by atoms with Crippen LogP contribution in [0.5, 0.6) is 0 Å². The molecule has 0 aliphatic carbocycles. The van der Waals surface area contributed by atoms with Crippen molar-refractivity contribution in [3.63, 3.8) is 0 Å². The molecule has 0 aromatic heterocycles. The second-order valence-electron chi connectivity index (χ2n) is 8.14. The number of aliphatic hydroxyl groups excluding tert-OH is 3. The molecule has 3 amide bonds. The Bertz CT molecular complexity index is 762. The molecule has 0 aromatic rings. The van der Waals surface area contributed by atoms with Crippen molar-refractivity contribution >= 4 is 29.5 Å². The molecule has 0 saturated carbocycles. The van der Waals surface area contributed by atoms with Crippen molar-refractivity contribution in [2.45, 2.75) is 82.8 Å². The van der Waals surface area contributed by atoms with E-state index in [1.165, 1.54) is 13.8 Å². The summed E-state index contributed by atoms with van der Waals surface area (Å²) >= 11 is 0. The number of hydrogen-bond acceptors (Lipinski definition) is 10. The van der Waals surface area contributed by atoms with Crippen LogP contribution in [0, 0.1) is 5.92 Å². The number of amides is 3. The zero-order valence-electron chi connectivity index (χ0n) is 19.2. The summed E-state index contributed by atoms with van der Waals surface area (Å²) in [6.45, 7) is 3.16. The molecule has 8 N–H and O–H groups in total. The molecule has 1 aliphatic rings. The number of carboxylic acids is 1. The molecular formula is C20H33N3O11. The molecule has 1 rings (SSSR count). The first-order valence-corrected chi connectivity index (χ1v) is 10.7. The summed E-state index contributed by atoms with van der Waals surface area (Å²) in [7, 11) is 0. The highest BCUT2D eigenvalue weighted by Gasteiger charge is 2.47. The number of nitrogens with two attached hydrogens (primary N) is 1. The number of nitrogens with one attached hydrogen (secondary N) is 2. The van der Waals surface area contributed by atoms with Crippen molar-refractivity contribution in [3.05, 3.63) is 0 Å². The van der Waals surface area contributed by atoms with Crippen molar-refractivity contribution in [1.82, 2.24) is 10.6 Å². The molecular weight excluding hydrogens is 458 g/mol. The van der Waals surface area contributed by atoms with Gasteiger partial charge < -0.3 is 46.3 Å². The topological polar surface area (TPSA) is 235 Å². The molecule has 1 heterocycles. The Labute approximate surface area is 195 Å². The molecule has 0 spiro atoms. The fourth-order valence-corrected chi connectivity index (χ4v) is 3.41. The SMILES string of the molecule is CC(=O)NC1C(O)O[C@H](CO)[C@@H](O)[C@@H]1O[C@H](C)C(=O)N[C@@H](C)C(=O)C[C@H](CCC(=O)O)C(N)=O. The second-order valence-corrected chi connectivity index (χ2v) is 8.14. The number of ether oxygens (including phenoxy) is 2. The third-order valence-electron chi connectivity index (χ3n) is 5.37. The number of carbonyl (C=O) groups excluding carboxylic acids is 4. The van der Waals surface area contributed by atoms with Gasteiger partial charge in [-0.3, -0.25) is 24.0 Å². The Balaban J connectivity index is 2.80. The van der Waals surface area contributed by atoms with E-state index >= 15 is 0 Å². The molecule has 0 bridgehead atoms. The van der Waals surface area contributed by atoms with Crippen LogP contribution in [0.1, 0.15) is 40.0 Å². The van der Waals surface area contributed by atoms with Gasteiger partial charge in [0.15, 0.2) is 12.1 Å². The zero-order chi connectivity index (χ0) is 26.2. The summed E-state index contributed by atoms with van der Waals surface area (Å²) < 4.78 is 10.6. The number of carboxylic acid groups (broad SMARTS) is 1. The fraction of sp³-hybridized carbons (Fsp3) is 0.750. The number of Topliss-reactive ketones (excluding diaryl/α,β-unsaturated/α-hetero) is 1. The standard InChI is InChI=1S/C20H33N3O11/c1-8(12(26)6-11(18(21)30)4-5-14(27)28)22-19(31)9(2)33-17-15(23-10(3)25)20(32)34-13(7-24)16(17)29/h8-9,11,13,15-17,20,24,29,32H,4-7H2,1-3H3,(H2,21,30)(H,22,31)(H,23,25)(H,27,28)/t8-,9+,11-,13+,15?,16+,17+,20?/m0/s1. The fourth-order valence-electron chi connectivity index (χ4n) is 3.41. The van der Waals surface area contributed by atoms with Crippen molar-refractivity contribution in [2.75, 3.05) is 6.61 Å². The van der Waals surface area contributed by atoms with Gasteiger partial charge in [0.05, 0.1) is 12.6 Å². The lowest BCUT2D eigenvalue weighted by molar-refractivity contribution is -0.266. The Hall–Kier alpha value is -2.65. The minimum atomic E-state index is -1.64. The minimum Gasteiger partial charge on any atom is -0.481 e. The van der Waals surface area contributed by atoms with Gasteiger partial charge in [0.25, 0.3) is 0 Å². The summed E-state index contributed by atoms with van der Waals surface area (Å²) in [6.07, 6.45) is -7.86. The van der Waals surface area contributed by atoms with E-state index in [1.807, 2.05) is 0 Å². The van der Waals surface area contributed by atoms with Crippen molar-refractivity contribution in [1.29, 1.82) is 0 Å². The maximum atomic E-state index is 12.6. The maximum absolute atomic E-state index is 12.6. The smallest absolute Gasteiger partial charge is 0.303 e.